The number of anilines is 1. The minimum Gasteiger partial charge on any atom is -0.394 e. The maximum absolute atomic E-state index is 12.0. The zero-order valence-corrected chi connectivity index (χ0v) is 13.9. The van der Waals surface area contributed by atoms with Crippen LogP contribution in [0, 0.1) is 0 Å². The van der Waals surface area contributed by atoms with Gasteiger partial charge in [0.1, 0.15) is 0 Å². The third-order valence-corrected chi connectivity index (χ3v) is 4.59. The molecular weight excluding hydrogens is 327 g/mol. The van der Waals surface area contributed by atoms with Crippen molar-refractivity contribution in [1.29, 1.82) is 0 Å². The molecule has 0 aliphatic carbocycles. The number of hydrogen-bond donors (Lipinski definition) is 3. The fourth-order valence-electron chi connectivity index (χ4n) is 2.74. The van der Waals surface area contributed by atoms with Crippen molar-refractivity contribution in [2.75, 3.05) is 25.0 Å². The Morgan fingerprint density at radius 2 is 2.23 bits per heavy atom. The van der Waals surface area contributed by atoms with Gasteiger partial charge in [-0.2, -0.15) is 0 Å². The van der Waals surface area contributed by atoms with Crippen molar-refractivity contribution >= 4 is 34.8 Å². The summed E-state index contributed by atoms with van der Waals surface area (Å²) in [4.78, 5) is 14.0. The number of aliphatic hydroxyl groups excluding tert-OH is 2. The monoisotopic (exact) mass is 346 g/mol. The van der Waals surface area contributed by atoms with E-state index in [9.17, 15) is 15.0 Å². The quantitative estimate of drug-likeness (QED) is 0.763. The molecule has 1 heterocycles. The molecule has 1 aromatic carbocycles. The predicted octanol–water partition coefficient (Wildman–Crippen LogP) is 2.14. The maximum atomic E-state index is 12.0. The number of carbonyl (C=O) groups excluding carboxylic acids is 1. The third-order valence-electron chi connectivity index (χ3n) is 4.02. The maximum Gasteiger partial charge on any atom is 0.225 e. The highest BCUT2D eigenvalue weighted by molar-refractivity contribution is 6.35. The summed E-state index contributed by atoms with van der Waals surface area (Å²) in [5, 5.41) is 22.9. The summed E-state index contributed by atoms with van der Waals surface area (Å²) in [6.07, 6.45) is 0.277. The lowest BCUT2D eigenvalue weighted by molar-refractivity contribution is -0.116. The molecule has 22 heavy (non-hydrogen) atoms. The molecule has 1 aliphatic heterocycles. The molecule has 3 N–H and O–H groups in total. The van der Waals surface area contributed by atoms with Crippen LogP contribution in [0.25, 0.3) is 0 Å². The SMILES string of the molecule is C[C@@]1(CO)C[C@H](O)CN1CCC(=O)Nc1cc(Cl)ccc1Cl. The number of likely N-dealkylation sites (tertiary alicyclic amines) is 1. The molecule has 0 unspecified atom stereocenters. The highest BCUT2D eigenvalue weighted by Gasteiger charge is 2.40. The number of nitrogens with one attached hydrogen (secondary N) is 1. The number of rotatable bonds is 5. The number of aliphatic hydroxyl groups is 2. The summed E-state index contributed by atoms with van der Waals surface area (Å²) >= 11 is 11.9. The Kier molecular flexibility index (Phi) is 5.69. The second-order valence-corrected chi connectivity index (χ2v) is 6.72. The molecule has 0 saturated carbocycles. The third kappa shape index (κ3) is 4.12. The van der Waals surface area contributed by atoms with Crippen molar-refractivity contribution in [3.05, 3.63) is 28.2 Å². The van der Waals surface area contributed by atoms with E-state index in [1.165, 1.54) is 0 Å². The number of benzene rings is 1. The molecule has 1 fully saturated rings. The van der Waals surface area contributed by atoms with Gasteiger partial charge in [0.2, 0.25) is 5.91 Å². The van der Waals surface area contributed by atoms with Crippen molar-refractivity contribution in [2.24, 2.45) is 0 Å². The molecule has 122 valence electrons. The van der Waals surface area contributed by atoms with Crippen molar-refractivity contribution in [3.8, 4) is 0 Å². The summed E-state index contributed by atoms with van der Waals surface area (Å²) in [5.74, 6) is -0.189. The van der Waals surface area contributed by atoms with Gasteiger partial charge < -0.3 is 15.5 Å². The molecule has 1 amide bonds. The summed E-state index contributed by atoms with van der Waals surface area (Å²) in [6.45, 7) is 2.75. The van der Waals surface area contributed by atoms with Crippen LogP contribution < -0.4 is 5.32 Å². The summed E-state index contributed by atoms with van der Waals surface area (Å²) < 4.78 is 0. The lowest BCUT2D eigenvalue weighted by atomic mass is 9.99. The Balaban J connectivity index is 1.91. The van der Waals surface area contributed by atoms with E-state index in [1.807, 2.05) is 11.8 Å². The van der Waals surface area contributed by atoms with Gasteiger partial charge >= 0.3 is 0 Å². The van der Waals surface area contributed by atoms with Crippen molar-refractivity contribution < 1.29 is 15.0 Å². The predicted molar refractivity (Wildman–Crippen MR) is 87.4 cm³/mol. The average molecular weight is 347 g/mol. The van der Waals surface area contributed by atoms with Crippen LogP contribution in [0.15, 0.2) is 18.2 Å². The average Bonchev–Trinajstić information content (AvgIpc) is 2.76. The highest BCUT2D eigenvalue weighted by Crippen LogP contribution is 2.29. The molecule has 0 radical (unpaired) electrons. The van der Waals surface area contributed by atoms with Crippen LogP contribution in [0.2, 0.25) is 10.0 Å². The fraction of sp³-hybridized carbons (Fsp3) is 0.533. The van der Waals surface area contributed by atoms with E-state index in [-0.39, 0.29) is 18.9 Å². The van der Waals surface area contributed by atoms with Crippen LogP contribution in [0.1, 0.15) is 19.8 Å². The van der Waals surface area contributed by atoms with E-state index in [1.54, 1.807) is 18.2 Å². The number of carbonyl (C=O) groups is 1. The van der Waals surface area contributed by atoms with Gasteiger partial charge in [-0.1, -0.05) is 23.2 Å². The molecule has 1 aromatic rings. The topological polar surface area (TPSA) is 72.8 Å². The Bertz CT molecular complexity index is 556. The normalized spacial score (nSPS) is 25.4. The standard InChI is InChI=1S/C15H20Cl2N2O3/c1-15(9-20)7-11(21)8-19(15)5-4-14(22)18-13-6-10(16)2-3-12(13)17/h2-3,6,11,20-21H,4-5,7-9H2,1H3,(H,18,22)/t11-,15-/m0/s1. The van der Waals surface area contributed by atoms with Gasteiger partial charge in [0.25, 0.3) is 0 Å². The van der Waals surface area contributed by atoms with Crippen molar-refractivity contribution in [1.82, 2.24) is 4.90 Å². The Hall–Kier alpha value is -0.850. The lowest BCUT2D eigenvalue weighted by Gasteiger charge is -2.32. The van der Waals surface area contributed by atoms with Gasteiger partial charge in [-0.3, -0.25) is 9.69 Å². The molecule has 1 saturated heterocycles. The number of halogens is 2. The van der Waals surface area contributed by atoms with Crippen LogP contribution in [0.4, 0.5) is 5.69 Å². The minimum absolute atomic E-state index is 0.0498. The first-order valence-electron chi connectivity index (χ1n) is 7.13. The first kappa shape index (κ1) is 17.5. The first-order chi connectivity index (χ1) is 10.3. The molecule has 5 nitrogen and oxygen atoms in total. The van der Waals surface area contributed by atoms with Crippen LogP contribution >= 0.6 is 23.2 Å². The van der Waals surface area contributed by atoms with E-state index in [4.69, 9.17) is 23.2 Å². The molecule has 0 spiro atoms. The fourth-order valence-corrected chi connectivity index (χ4v) is 3.08. The molecule has 0 bridgehead atoms. The molecule has 2 atom stereocenters. The Morgan fingerprint density at radius 1 is 1.50 bits per heavy atom. The smallest absolute Gasteiger partial charge is 0.225 e. The van der Waals surface area contributed by atoms with Crippen LogP contribution in [-0.2, 0) is 4.79 Å². The van der Waals surface area contributed by atoms with Gasteiger partial charge in [-0.05, 0) is 31.5 Å². The van der Waals surface area contributed by atoms with Crippen LogP contribution in [-0.4, -0.2) is 52.4 Å². The summed E-state index contributed by atoms with van der Waals surface area (Å²) in [5.41, 5.74) is -0.00142. The number of β-amino-alcohol motifs (C(OH)–C–C–N with tert-alkyl or cyclic N) is 1. The Labute approximate surface area is 139 Å². The number of nitrogens with zero attached hydrogens (tertiary/aromatic N) is 1. The van der Waals surface area contributed by atoms with Gasteiger partial charge in [0.15, 0.2) is 0 Å². The van der Waals surface area contributed by atoms with E-state index in [0.29, 0.717) is 35.2 Å². The largest absolute Gasteiger partial charge is 0.394 e. The summed E-state index contributed by atoms with van der Waals surface area (Å²) in [7, 11) is 0. The zero-order chi connectivity index (χ0) is 16.3. The molecule has 1 aliphatic rings. The van der Waals surface area contributed by atoms with E-state index >= 15 is 0 Å². The lowest BCUT2D eigenvalue weighted by Crippen LogP contribution is -2.45. The highest BCUT2D eigenvalue weighted by atomic mass is 35.5. The minimum atomic E-state index is -0.479. The van der Waals surface area contributed by atoms with Crippen LogP contribution in [0.3, 0.4) is 0 Å². The molecule has 2 rings (SSSR count). The second kappa shape index (κ2) is 7.15. The van der Waals surface area contributed by atoms with E-state index in [0.717, 1.165) is 0 Å². The number of hydrogen-bond acceptors (Lipinski definition) is 4. The van der Waals surface area contributed by atoms with E-state index < -0.39 is 11.6 Å². The van der Waals surface area contributed by atoms with Gasteiger partial charge in [-0.25, -0.2) is 0 Å². The van der Waals surface area contributed by atoms with Gasteiger partial charge in [0.05, 0.1) is 23.4 Å². The molecule has 7 heteroatoms. The molecular formula is C15H20Cl2N2O3. The second-order valence-electron chi connectivity index (χ2n) is 5.88. The zero-order valence-electron chi connectivity index (χ0n) is 12.4. The van der Waals surface area contributed by atoms with Crippen LogP contribution in [0.5, 0.6) is 0 Å². The number of amides is 1. The van der Waals surface area contributed by atoms with E-state index in [2.05, 4.69) is 5.32 Å². The van der Waals surface area contributed by atoms with Crippen molar-refractivity contribution in [3.63, 3.8) is 0 Å². The summed E-state index contributed by atoms with van der Waals surface area (Å²) in [6, 6.07) is 4.87. The van der Waals surface area contributed by atoms with Gasteiger partial charge in [0, 0.05) is 30.1 Å². The molecule has 0 aromatic heterocycles. The van der Waals surface area contributed by atoms with Crippen molar-refractivity contribution in [2.45, 2.75) is 31.4 Å². The van der Waals surface area contributed by atoms with Gasteiger partial charge in [-0.15, -0.1) is 0 Å². The Morgan fingerprint density at radius 3 is 2.91 bits per heavy atom. The first-order valence-corrected chi connectivity index (χ1v) is 7.88.